The second kappa shape index (κ2) is 4.07. The predicted octanol–water partition coefficient (Wildman–Crippen LogP) is 2.51. The van der Waals surface area contributed by atoms with E-state index in [1.165, 1.54) is 12.1 Å². The minimum atomic E-state index is -0.496. The molecule has 0 aliphatic carbocycles. The smallest absolute Gasteiger partial charge is 0.258 e. The maximum absolute atomic E-state index is 10.5. The number of halogens is 1. The van der Waals surface area contributed by atoms with Gasteiger partial charge in [-0.15, -0.1) is 11.6 Å². The highest BCUT2D eigenvalue weighted by Crippen LogP contribution is 2.22. The summed E-state index contributed by atoms with van der Waals surface area (Å²) in [5, 5.41) is 19.3. The van der Waals surface area contributed by atoms with E-state index in [-0.39, 0.29) is 11.6 Å². The third-order valence-electron chi connectivity index (χ3n) is 1.87. The van der Waals surface area contributed by atoms with Gasteiger partial charge in [-0.2, -0.15) is 5.26 Å². The normalized spacial score (nSPS) is 9.50. The van der Waals surface area contributed by atoms with Gasteiger partial charge in [0.05, 0.1) is 16.6 Å². The number of benzene rings is 1. The standard InChI is InChI=1S/C9H7ClN2O2/c1-6-2-8(12(13)14)3-7(4-10)9(6)5-11/h2-3H,4H2,1H3. The van der Waals surface area contributed by atoms with E-state index in [1.54, 1.807) is 6.92 Å². The van der Waals surface area contributed by atoms with Crippen LogP contribution in [0.2, 0.25) is 0 Å². The molecule has 1 aromatic carbocycles. The molecule has 0 unspecified atom stereocenters. The van der Waals surface area contributed by atoms with Crippen LogP contribution < -0.4 is 0 Å². The Morgan fingerprint density at radius 3 is 2.71 bits per heavy atom. The Balaban J connectivity index is 3.40. The van der Waals surface area contributed by atoms with Gasteiger partial charge in [0.15, 0.2) is 0 Å². The van der Waals surface area contributed by atoms with Crippen LogP contribution in [0.1, 0.15) is 16.7 Å². The molecule has 0 aromatic heterocycles. The first-order valence-electron chi connectivity index (χ1n) is 3.84. The second-order valence-electron chi connectivity index (χ2n) is 2.80. The Hall–Kier alpha value is -1.60. The Kier molecular flexibility index (Phi) is 3.05. The van der Waals surface area contributed by atoms with Crippen molar-refractivity contribution in [2.24, 2.45) is 0 Å². The van der Waals surface area contributed by atoms with E-state index in [0.29, 0.717) is 16.7 Å². The summed E-state index contributed by atoms with van der Waals surface area (Å²) >= 11 is 5.59. The van der Waals surface area contributed by atoms with Gasteiger partial charge in [-0.25, -0.2) is 0 Å². The lowest BCUT2D eigenvalue weighted by Crippen LogP contribution is -1.95. The molecular weight excluding hydrogens is 204 g/mol. The molecule has 0 bridgehead atoms. The molecule has 0 aliphatic heterocycles. The highest BCUT2D eigenvalue weighted by molar-refractivity contribution is 6.17. The molecule has 0 saturated carbocycles. The summed E-state index contributed by atoms with van der Waals surface area (Å²) in [6.07, 6.45) is 0. The van der Waals surface area contributed by atoms with Crippen LogP contribution in [0, 0.1) is 28.4 Å². The van der Waals surface area contributed by atoms with E-state index in [0.717, 1.165) is 0 Å². The van der Waals surface area contributed by atoms with E-state index in [4.69, 9.17) is 16.9 Å². The summed E-state index contributed by atoms with van der Waals surface area (Å²) in [7, 11) is 0. The van der Waals surface area contributed by atoms with Gasteiger partial charge in [0.1, 0.15) is 0 Å². The number of alkyl halides is 1. The number of nitro groups is 1. The number of rotatable bonds is 2. The van der Waals surface area contributed by atoms with Crippen molar-refractivity contribution in [2.45, 2.75) is 12.8 Å². The van der Waals surface area contributed by atoms with Crippen LogP contribution in [0.25, 0.3) is 0 Å². The average molecular weight is 211 g/mol. The van der Waals surface area contributed by atoms with Crippen molar-refractivity contribution >= 4 is 17.3 Å². The van der Waals surface area contributed by atoms with Crippen LogP contribution >= 0.6 is 11.6 Å². The molecule has 0 spiro atoms. The third-order valence-corrected chi connectivity index (χ3v) is 2.16. The molecule has 0 saturated heterocycles. The highest BCUT2D eigenvalue weighted by Gasteiger charge is 2.13. The molecular formula is C9H7ClN2O2. The highest BCUT2D eigenvalue weighted by atomic mass is 35.5. The van der Waals surface area contributed by atoms with Crippen molar-refractivity contribution in [3.63, 3.8) is 0 Å². The quantitative estimate of drug-likeness (QED) is 0.428. The van der Waals surface area contributed by atoms with Crippen molar-refractivity contribution in [3.05, 3.63) is 38.9 Å². The molecule has 0 radical (unpaired) electrons. The van der Waals surface area contributed by atoms with Gasteiger partial charge < -0.3 is 0 Å². The SMILES string of the molecule is Cc1cc([N+](=O)[O-])cc(CCl)c1C#N. The van der Waals surface area contributed by atoms with Crippen molar-refractivity contribution in [1.29, 1.82) is 5.26 Å². The summed E-state index contributed by atoms with van der Waals surface area (Å²) in [6.45, 7) is 1.65. The molecule has 0 heterocycles. The Morgan fingerprint density at radius 2 is 2.29 bits per heavy atom. The molecule has 0 aliphatic rings. The number of nitrogens with zero attached hydrogens (tertiary/aromatic N) is 2. The van der Waals surface area contributed by atoms with Crippen LogP contribution in [0.5, 0.6) is 0 Å². The largest absolute Gasteiger partial charge is 0.270 e. The van der Waals surface area contributed by atoms with E-state index < -0.39 is 4.92 Å². The predicted molar refractivity (Wildman–Crippen MR) is 52.1 cm³/mol. The van der Waals surface area contributed by atoms with Gasteiger partial charge in [-0.05, 0) is 18.1 Å². The Morgan fingerprint density at radius 1 is 1.64 bits per heavy atom. The van der Waals surface area contributed by atoms with E-state index in [1.807, 2.05) is 6.07 Å². The monoisotopic (exact) mass is 210 g/mol. The molecule has 1 aromatic rings. The van der Waals surface area contributed by atoms with Crippen LogP contribution in [-0.2, 0) is 5.88 Å². The zero-order valence-electron chi connectivity index (χ0n) is 7.45. The first-order valence-corrected chi connectivity index (χ1v) is 4.37. The molecule has 14 heavy (non-hydrogen) atoms. The van der Waals surface area contributed by atoms with Gasteiger partial charge in [0.2, 0.25) is 0 Å². The van der Waals surface area contributed by atoms with Crippen molar-refractivity contribution in [2.75, 3.05) is 0 Å². The molecule has 0 amide bonds. The van der Waals surface area contributed by atoms with Crippen molar-refractivity contribution in [1.82, 2.24) is 0 Å². The van der Waals surface area contributed by atoms with E-state index in [2.05, 4.69) is 0 Å². The zero-order chi connectivity index (χ0) is 10.7. The number of nitro benzene ring substituents is 1. The fourth-order valence-corrected chi connectivity index (χ4v) is 1.42. The van der Waals surface area contributed by atoms with E-state index in [9.17, 15) is 10.1 Å². The van der Waals surface area contributed by atoms with Crippen LogP contribution in [0.4, 0.5) is 5.69 Å². The molecule has 0 atom stereocenters. The summed E-state index contributed by atoms with van der Waals surface area (Å²) in [5.74, 6) is 0.103. The van der Waals surface area contributed by atoms with Crippen LogP contribution in [0.3, 0.4) is 0 Å². The van der Waals surface area contributed by atoms with Crippen molar-refractivity contribution in [3.8, 4) is 6.07 Å². The molecule has 4 nitrogen and oxygen atoms in total. The number of hydrogen-bond donors (Lipinski definition) is 0. The lowest BCUT2D eigenvalue weighted by atomic mass is 10.0. The van der Waals surface area contributed by atoms with Gasteiger partial charge in [0, 0.05) is 18.0 Å². The Bertz CT molecular complexity index is 424. The summed E-state index contributed by atoms with van der Waals surface area (Å²) < 4.78 is 0. The maximum atomic E-state index is 10.5. The van der Waals surface area contributed by atoms with Gasteiger partial charge >= 0.3 is 0 Å². The summed E-state index contributed by atoms with van der Waals surface area (Å²) in [5.41, 5.74) is 1.47. The number of hydrogen-bond acceptors (Lipinski definition) is 3. The maximum Gasteiger partial charge on any atom is 0.270 e. The Labute approximate surface area is 85.9 Å². The fraction of sp³-hybridized carbons (Fsp3) is 0.222. The number of nitriles is 1. The minimum absolute atomic E-state index is 0.0304. The molecule has 0 fully saturated rings. The lowest BCUT2D eigenvalue weighted by Gasteiger charge is -2.02. The third kappa shape index (κ3) is 1.83. The lowest BCUT2D eigenvalue weighted by molar-refractivity contribution is -0.385. The summed E-state index contributed by atoms with van der Waals surface area (Å²) in [6, 6.07) is 4.68. The van der Waals surface area contributed by atoms with Gasteiger partial charge in [-0.3, -0.25) is 10.1 Å². The topological polar surface area (TPSA) is 66.9 Å². The minimum Gasteiger partial charge on any atom is -0.258 e. The summed E-state index contributed by atoms with van der Waals surface area (Å²) in [4.78, 5) is 10.0. The van der Waals surface area contributed by atoms with Gasteiger partial charge in [-0.1, -0.05) is 0 Å². The average Bonchev–Trinajstić information content (AvgIpc) is 2.16. The zero-order valence-corrected chi connectivity index (χ0v) is 8.21. The van der Waals surface area contributed by atoms with Gasteiger partial charge in [0.25, 0.3) is 5.69 Å². The van der Waals surface area contributed by atoms with Crippen molar-refractivity contribution < 1.29 is 4.92 Å². The second-order valence-corrected chi connectivity index (χ2v) is 3.07. The first kappa shape index (κ1) is 10.5. The number of aryl methyl sites for hydroxylation is 1. The van der Waals surface area contributed by atoms with E-state index >= 15 is 0 Å². The fourth-order valence-electron chi connectivity index (χ4n) is 1.21. The molecule has 72 valence electrons. The molecule has 1 rings (SSSR count). The van der Waals surface area contributed by atoms with Crippen LogP contribution in [-0.4, -0.2) is 4.92 Å². The number of non-ortho nitro benzene ring substituents is 1. The van der Waals surface area contributed by atoms with Crippen LogP contribution in [0.15, 0.2) is 12.1 Å². The molecule has 5 heteroatoms. The molecule has 0 N–H and O–H groups in total. The first-order chi connectivity index (χ1) is 6.60.